The summed E-state index contributed by atoms with van der Waals surface area (Å²) in [6.07, 6.45) is 0.976. The average molecular weight is 298 g/mol. The smallest absolute Gasteiger partial charge is 0.181 e. The van der Waals surface area contributed by atoms with E-state index in [0.29, 0.717) is 0 Å². The van der Waals surface area contributed by atoms with Gasteiger partial charge in [-0.15, -0.1) is 0 Å². The maximum Gasteiger partial charge on any atom is 0.181 e. The van der Waals surface area contributed by atoms with E-state index >= 15 is 0 Å². The standard InChI is InChI=1S/C9H12ClNO4S2/c1-16(12,13)4-5-17(14,15)9-6-7(10)2-3-8(9)11/h2-3,6H,4-5,11H2,1H3. The van der Waals surface area contributed by atoms with Crippen molar-refractivity contribution in [3.63, 3.8) is 0 Å². The molecule has 0 aliphatic heterocycles. The summed E-state index contributed by atoms with van der Waals surface area (Å²) in [5, 5.41) is 0.233. The van der Waals surface area contributed by atoms with Crippen molar-refractivity contribution in [1.82, 2.24) is 0 Å². The highest BCUT2D eigenvalue weighted by molar-refractivity contribution is 7.94. The molecule has 0 bridgehead atoms. The second-order valence-electron chi connectivity index (χ2n) is 3.63. The number of nitrogens with two attached hydrogens (primary N) is 1. The summed E-state index contributed by atoms with van der Waals surface area (Å²) < 4.78 is 45.6. The van der Waals surface area contributed by atoms with E-state index in [1.54, 1.807) is 0 Å². The molecule has 8 heteroatoms. The minimum atomic E-state index is -3.74. The van der Waals surface area contributed by atoms with E-state index in [0.717, 1.165) is 6.26 Å². The molecule has 96 valence electrons. The van der Waals surface area contributed by atoms with Gasteiger partial charge >= 0.3 is 0 Å². The molecular weight excluding hydrogens is 286 g/mol. The van der Waals surface area contributed by atoms with Crippen molar-refractivity contribution in [3.05, 3.63) is 23.2 Å². The third-order valence-corrected chi connectivity index (χ3v) is 5.24. The summed E-state index contributed by atoms with van der Waals surface area (Å²) in [4.78, 5) is -0.131. The first-order valence-corrected chi connectivity index (χ1v) is 8.66. The number of halogens is 1. The van der Waals surface area contributed by atoms with Gasteiger partial charge in [0.1, 0.15) is 9.84 Å². The van der Waals surface area contributed by atoms with Crippen LogP contribution in [0.15, 0.2) is 23.1 Å². The van der Waals surface area contributed by atoms with E-state index in [1.807, 2.05) is 0 Å². The molecule has 0 unspecified atom stereocenters. The Balaban J connectivity index is 3.10. The maximum atomic E-state index is 11.8. The van der Waals surface area contributed by atoms with Crippen LogP contribution in [0, 0.1) is 0 Å². The highest BCUT2D eigenvalue weighted by Crippen LogP contribution is 2.23. The molecule has 1 rings (SSSR count). The maximum absolute atomic E-state index is 11.8. The number of rotatable bonds is 4. The summed E-state index contributed by atoms with van der Waals surface area (Å²) in [6.45, 7) is 0. The lowest BCUT2D eigenvalue weighted by atomic mass is 10.3. The van der Waals surface area contributed by atoms with Crippen LogP contribution in [0.5, 0.6) is 0 Å². The lowest BCUT2D eigenvalue weighted by Crippen LogP contribution is -2.17. The zero-order chi connectivity index (χ0) is 13.3. The monoisotopic (exact) mass is 297 g/mol. The molecule has 0 atom stereocenters. The second-order valence-corrected chi connectivity index (χ2v) is 8.40. The normalized spacial score (nSPS) is 12.6. The molecule has 0 heterocycles. The van der Waals surface area contributed by atoms with E-state index in [1.165, 1.54) is 18.2 Å². The Labute approximate surface area is 105 Å². The SMILES string of the molecule is CS(=O)(=O)CCS(=O)(=O)c1cc(Cl)ccc1N. The van der Waals surface area contributed by atoms with Crippen LogP contribution in [-0.4, -0.2) is 34.6 Å². The van der Waals surface area contributed by atoms with Crippen LogP contribution in [0.2, 0.25) is 5.02 Å². The van der Waals surface area contributed by atoms with E-state index in [2.05, 4.69) is 0 Å². The van der Waals surface area contributed by atoms with Crippen LogP contribution >= 0.6 is 11.6 Å². The third kappa shape index (κ3) is 4.18. The first-order chi connectivity index (χ1) is 7.62. The molecule has 0 saturated carbocycles. The molecule has 0 spiro atoms. The van der Waals surface area contributed by atoms with Gasteiger partial charge in [-0.25, -0.2) is 16.8 Å². The molecule has 5 nitrogen and oxygen atoms in total. The number of nitrogen functional groups attached to an aromatic ring is 1. The molecule has 1 aromatic rings. The number of sulfone groups is 2. The van der Waals surface area contributed by atoms with Crippen LogP contribution in [-0.2, 0) is 19.7 Å². The number of hydrogen-bond donors (Lipinski definition) is 1. The molecule has 17 heavy (non-hydrogen) atoms. The van der Waals surface area contributed by atoms with E-state index in [9.17, 15) is 16.8 Å². The van der Waals surface area contributed by atoms with Gasteiger partial charge in [0.2, 0.25) is 0 Å². The molecule has 0 fully saturated rings. The van der Waals surface area contributed by atoms with Crippen LogP contribution in [0.25, 0.3) is 0 Å². The average Bonchev–Trinajstić information content (AvgIpc) is 2.18. The fraction of sp³-hybridized carbons (Fsp3) is 0.333. The Morgan fingerprint density at radius 3 is 2.29 bits per heavy atom. The van der Waals surface area contributed by atoms with Gasteiger partial charge in [0, 0.05) is 11.3 Å². The summed E-state index contributed by atoms with van der Waals surface area (Å²) in [5.74, 6) is -0.947. The third-order valence-electron chi connectivity index (χ3n) is 2.03. The topological polar surface area (TPSA) is 94.3 Å². The van der Waals surface area contributed by atoms with Crippen molar-refractivity contribution in [3.8, 4) is 0 Å². The summed E-state index contributed by atoms with van der Waals surface area (Å²) in [5.41, 5.74) is 5.59. The number of benzene rings is 1. The van der Waals surface area contributed by atoms with Gasteiger partial charge in [-0.3, -0.25) is 0 Å². The minimum Gasteiger partial charge on any atom is -0.398 e. The van der Waals surface area contributed by atoms with Gasteiger partial charge in [0.05, 0.1) is 22.1 Å². The molecular formula is C9H12ClNO4S2. The quantitative estimate of drug-likeness (QED) is 0.827. The molecule has 0 radical (unpaired) electrons. The fourth-order valence-corrected chi connectivity index (χ4v) is 4.43. The zero-order valence-corrected chi connectivity index (χ0v) is 11.4. The minimum absolute atomic E-state index is 0.0582. The predicted octanol–water partition coefficient (Wildman–Crippen LogP) is 0.741. The lowest BCUT2D eigenvalue weighted by molar-refractivity contribution is 0.590. The Kier molecular flexibility index (Phi) is 4.06. The number of hydrogen-bond acceptors (Lipinski definition) is 5. The van der Waals surface area contributed by atoms with Gasteiger partial charge in [0.25, 0.3) is 0 Å². The first-order valence-electron chi connectivity index (χ1n) is 4.57. The van der Waals surface area contributed by atoms with Gasteiger partial charge < -0.3 is 5.73 Å². The predicted molar refractivity (Wildman–Crippen MR) is 67.6 cm³/mol. The lowest BCUT2D eigenvalue weighted by Gasteiger charge is -2.07. The summed E-state index contributed by atoms with van der Waals surface area (Å²) in [6, 6.07) is 4.05. The zero-order valence-electron chi connectivity index (χ0n) is 9.05. The van der Waals surface area contributed by atoms with E-state index < -0.39 is 31.2 Å². The van der Waals surface area contributed by atoms with E-state index in [-0.39, 0.29) is 15.6 Å². The fourth-order valence-electron chi connectivity index (χ4n) is 1.15. The van der Waals surface area contributed by atoms with Crippen molar-refractivity contribution in [1.29, 1.82) is 0 Å². The van der Waals surface area contributed by atoms with Gasteiger partial charge in [0.15, 0.2) is 9.84 Å². The summed E-state index contributed by atoms with van der Waals surface area (Å²) >= 11 is 5.67. The van der Waals surface area contributed by atoms with Crippen LogP contribution in [0.4, 0.5) is 5.69 Å². The molecule has 0 amide bonds. The molecule has 2 N–H and O–H groups in total. The van der Waals surface area contributed by atoms with Gasteiger partial charge in [-0.2, -0.15) is 0 Å². The molecule has 0 aliphatic carbocycles. The molecule has 0 aliphatic rings. The van der Waals surface area contributed by atoms with Crippen LogP contribution in [0.1, 0.15) is 0 Å². The molecule has 0 aromatic heterocycles. The van der Waals surface area contributed by atoms with Crippen LogP contribution in [0.3, 0.4) is 0 Å². The highest BCUT2D eigenvalue weighted by atomic mass is 35.5. The van der Waals surface area contributed by atoms with Crippen molar-refractivity contribution >= 4 is 37.0 Å². The number of anilines is 1. The van der Waals surface area contributed by atoms with Crippen molar-refractivity contribution in [2.75, 3.05) is 23.5 Å². The van der Waals surface area contributed by atoms with Crippen LogP contribution < -0.4 is 5.73 Å². The Morgan fingerprint density at radius 2 is 1.76 bits per heavy atom. The first kappa shape index (κ1) is 14.3. The molecule has 0 saturated heterocycles. The van der Waals surface area contributed by atoms with Crippen molar-refractivity contribution in [2.24, 2.45) is 0 Å². The Hall–Kier alpha value is -0.790. The van der Waals surface area contributed by atoms with Crippen molar-refractivity contribution < 1.29 is 16.8 Å². The van der Waals surface area contributed by atoms with Crippen molar-refractivity contribution in [2.45, 2.75) is 4.90 Å². The Bertz CT molecular complexity index is 622. The molecule has 1 aromatic carbocycles. The van der Waals surface area contributed by atoms with E-state index in [4.69, 9.17) is 17.3 Å². The Morgan fingerprint density at radius 1 is 1.18 bits per heavy atom. The summed E-state index contributed by atoms with van der Waals surface area (Å²) in [7, 11) is -7.08. The largest absolute Gasteiger partial charge is 0.398 e. The van der Waals surface area contributed by atoms with Gasteiger partial charge in [-0.1, -0.05) is 11.6 Å². The van der Waals surface area contributed by atoms with Gasteiger partial charge in [-0.05, 0) is 18.2 Å². The second kappa shape index (κ2) is 4.83. The highest BCUT2D eigenvalue weighted by Gasteiger charge is 2.20.